The highest BCUT2D eigenvalue weighted by Crippen LogP contribution is 2.53. The van der Waals surface area contributed by atoms with Crippen LogP contribution in [-0.4, -0.2) is 50.6 Å². The molecule has 6 nitrogen and oxygen atoms in total. The molecule has 0 radical (unpaired) electrons. The van der Waals surface area contributed by atoms with Gasteiger partial charge in [-0.3, -0.25) is 4.79 Å². The molecule has 1 N–H and O–H groups in total. The van der Waals surface area contributed by atoms with Gasteiger partial charge in [-0.25, -0.2) is 14.5 Å². The van der Waals surface area contributed by atoms with Gasteiger partial charge in [-0.15, -0.1) is 11.8 Å². The third-order valence-corrected chi connectivity index (χ3v) is 4.64. The van der Waals surface area contributed by atoms with E-state index in [9.17, 15) is 14.4 Å². The predicted molar refractivity (Wildman–Crippen MR) is 48.0 cm³/mol. The fraction of sp³-hybridized carbons (Fsp3) is 0.625. The number of carbonyl (C=O) groups is 3. The van der Waals surface area contributed by atoms with E-state index in [1.807, 2.05) is 0 Å². The van der Waals surface area contributed by atoms with Crippen molar-refractivity contribution in [3.05, 3.63) is 0 Å². The van der Waals surface area contributed by atoms with Crippen LogP contribution in [0.1, 0.15) is 6.42 Å². The highest BCUT2D eigenvalue weighted by molar-refractivity contribution is 8.01. The van der Waals surface area contributed by atoms with Gasteiger partial charge in [0.2, 0.25) is 0 Å². The zero-order valence-corrected chi connectivity index (χ0v) is 8.32. The quantitative estimate of drug-likeness (QED) is 0.458. The largest absolute Gasteiger partial charge is 0.477 e. The average molecular weight is 229 g/mol. The van der Waals surface area contributed by atoms with Gasteiger partial charge < -0.3 is 9.84 Å². The molecule has 0 bridgehead atoms. The van der Waals surface area contributed by atoms with Crippen LogP contribution >= 0.6 is 11.8 Å². The Balaban J connectivity index is 2.09. The van der Waals surface area contributed by atoms with Crippen LogP contribution in [0.5, 0.6) is 0 Å². The summed E-state index contributed by atoms with van der Waals surface area (Å²) >= 11 is 1.22. The van der Waals surface area contributed by atoms with Gasteiger partial charge in [-0.2, -0.15) is 0 Å². The van der Waals surface area contributed by atoms with E-state index in [1.54, 1.807) is 4.90 Å². The first-order valence-electron chi connectivity index (χ1n) is 4.50. The second kappa shape index (κ2) is 2.53. The van der Waals surface area contributed by atoms with Crippen LogP contribution in [0.2, 0.25) is 0 Å². The summed E-state index contributed by atoms with van der Waals surface area (Å²) in [6.07, 6.45) is 0.834. The number of hydrogen-bond acceptors (Lipinski definition) is 6. The fourth-order valence-electron chi connectivity index (χ4n) is 2.21. The summed E-state index contributed by atoms with van der Waals surface area (Å²) in [7, 11) is 0. The van der Waals surface area contributed by atoms with Crippen molar-refractivity contribution in [3.63, 3.8) is 0 Å². The summed E-state index contributed by atoms with van der Waals surface area (Å²) < 4.78 is 4.80. The molecular weight excluding hydrogens is 222 g/mol. The number of Topliss-reactive ketones (excluding diaryl/α,β-unsaturated/α-hetero) is 1. The number of nitrogens with zero attached hydrogens (tertiary/aromatic N) is 1. The molecule has 3 rings (SSSR count). The third kappa shape index (κ3) is 0.836. The Morgan fingerprint density at radius 1 is 1.60 bits per heavy atom. The maximum Gasteiger partial charge on any atom is 0.378 e. The van der Waals surface area contributed by atoms with Gasteiger partial charge in [-0.05, 0) is 6.42 Å². The summed E-state index contributed by atoms with van der Waals surface area (Å²) in [6.45, 7) is 0.557. The molecule has 3 aliphatic heterocycles. The molecule has 15 heavy (non-hydrogen) atoms. The van der Waals surface area contributed by atoms with Crippen molar-refractivity contribution < 1.29 is 24.2 Å². The number of fused-ring (bicyclic) bond motifs is 3. The molecule has 0 amide bonds. The molecule has 0 aromatic rings. The summed E-state index contributed by atoms with van der Waals surface area (Å²) in [5.74, 6) is -3.00. The molecule has 0 aromatic carbocycles. The van der Waals surface area contributed by atoms with Crippen LogP contribution in [0.15, 0.2) is 0 Å². The first-order chi connectivity index (χ1) is 7.07. The Morgan fingerprint density at radius 3 is 2.87 bits per heavy atom. The molecule has 3 saturated heterocycles. The summed E-state index contributed by atoms with van der Waals surface area (Å²) in [6, 6.07) is 0. The molecule has 3 unspecified atom stereocenters. The van der Waals surface area contributed by atoms with Crippen molar-refractivity contribution in [3.8, 4) is 0 Å². The van der Waals surface area contributed by atoms with Crippen molar-refractivity contribution in [1.82, 2.24) is 4.90 Å². The van der Waals surface area contributed by atoms with Gasteiger partial charge >= 0.3 is 11.9 Å². The van der Waals surface area contributed by atoms with Crippen molar-refractivity contribution >= 4 is 29.5 Å². The Bertz CT molecular complexity index is 396. The van der Waals surface area contributed by atoms with Gasteiger partial charge in [0.05, 0.1) is 5.37 Å². The number of carbonyl (C=O) groups excluding carboxylic acids is 2. The van der Waals surface area contributed by atoms with E-state index in [-0.39, 0.29) is 5.37 Å². The van der Waals surface area contributed by atoms with Crippen molar-refractivity contribution in [2.75, 3.05) is 6.54 Å². The number of carboxylic acids is 1. The van der Waals surface area contributed by atoms with Crippen molar-refractivity contribution in [2.24, 2.45) is 0 Å². The van der Waals surface area contributed by atoms with Crippen LogP contribution < -0.4 is 0 Å². The van der Waals surface area contributed by atoms with E-state index in [4.69, 9.17) is 9.84 Å². The Hall–Kier alpha value is -1.08. The number of esters is 1. The minimum absolute atomic E-state index is 0.00292. The number of rotatable bonds is 1. The van der Waals surface area contributed by atoms with Crippen molar-refractivity contribution in [2.45, 2.75) is 22.8 Å². The zero-order valence-electron chi connectivity index (χ0n) is 7.50. The van der Waals surface area contributed by atoms with Gasteiger partial charge in [-0.1, -0.05) is 0 Å². The lowest BCUT2D eigenvalue weighted by Crippen LogP contribution is -2.62. The highest BCUT2D eigenvalue weighted by Gasteiger charge is 2.72. The first-order valence-corrected chi connectivity index (χ1v) is 5.44. The number of carboxylic acid groups (broad SMARTS) is 1. The number of hydrogen-bond donors (Lipinski definition) is 1. The lowest BCUT2D eigenvalue weighted by atomic mass is 10.0. The fourth-order valence-corrected chi connectivity index (χ4v) is 3.87. The molecule has 80 valence electrons. The molecule has 0 aliphatic carbocycles. The molecule has 0 saturated carbocycles. The molecule has 7 heteroatoms. The van der Waals surface area contributed by atoms with Gasteiger partial charge in [0, 0.05) is 6.54 Å². The molecule has 3 fully saturated rings. The van der Waals surface area contributed by atoms with Crippen LogP contribution in [0.4, 0.5) is 0 Å². The topological polar surface area (TPSA) is 83.9 Å². The highest BCUT2D eigenvalue weighted by atomic mass is 32.2. The summed E-state index contributed by atoms with van der Waals surface area (Å²) in [5, 5.41) is 8.26. The first kappa shape index (κ1) is 9.17. The summed E-state index contributed by atoms with van der Waals surface area (Å²) in [5.41, 5.74) is -1.72. The van der Waals surface area contributed by atoms with E-state index in [0.29, 0.717) is 6.54 Å². The van der Waals surface area contributed by atoms with E-state index in [2.05, 4.69) is 0 Å². The molecule has 3 atom stereocenters. The standard InChI is InChI=1S/C8H7NO5S/c10-4-5-8(7(12)13,14-6(4)11)9-2-1-3(9)15-5/h3,5H,1-2H2,(H,12,13). The second-order valence-corrected chi connectivity index (χ2v) is 5.00. The smallest absolute Gasteiger partial charge is 0.378 e. The average Bonchev–Trinajstić information content (AvgIpc) is 2.48. The van der Waals surface area contributed by atoms with Gasteiger partial charge in [0.15, 0.2) is 0 Å². The lowest BCUT2D eigenvalue weighted by Gasteiger charge is -2.40. The monoisotopic (exact) mass is 229 g/mol. The van der Waals surface area contributed by atoms with E-state index >= 15 is 0 Å². The number of ketones is 1. The van der Waals surface area contributed by atoms with E-state index in [1.165, 1.54) is 11.8 Å². The van der Waals surface area contributed by atoms with Crippen LogP contribution in [-0.2, 0) is 19.1 Å². The second-order valence-electron chi connectivity index (χ2n) is 3.71. The minimum atomic E-state index is -1.72. The minimum Gasteiger partial charge on any atom is -0.477 e. The van der Waals surface area contributed by atoms with E-state index < -0.39 is 28.7 Å². The molecule has 3 aliphatic rings. The zero-order chi connectivity index (χ0) is 10.8. The number of thioether (sulfide) groups is 1. The maximum absolute atomic E-state index is 11.4. The molecule has 0 aromatic heterocycles. The van der Waals surface area contributed by atoms with Gasteiger partial charge in [0.1, 0.15) is 5.25 Å². The Kier molecular flexibility index (Phi) is 1.55. The number of ether oxygens (including phenoxy) is 1. The Labute approximate surface area is 88.6 Å². The molecule has 3 heterocycles. The van der Waals surface area contributed by atoms with E-state index in [0.717, 1.165) is 6.42 Å². The predicted octanol–water partition coefficient (Wildman–Crippen LogP) is -0.960. The summed E-state index contributed by atoms with van der Waals surface area (Å²) in [4.78, 5) is 35.3. The SMILES string of the molecule is O=C1OC2(C(=O)O)C(SC3CCN32)C1=O. The Morgan fingerprint density at radius 2 is 2.33 bits per heavy atom. The molecular formula is C8H7NO5S. The third-order valence-electron chi connectivity index (χ3n) is 3.03. The van der Waals surface area contributed by atoms with Crippen molar-refractivity contribution in [1.29, 1.82) is 0 Å². The lowest BCUT2D eigenvalue weighted by molar-refractivity contribution is -0.197. The maximum atomic E-state index is 11.4. The normalized spacial score (nSPS) is 43.2. The van der Waals surface area contributed by atoms with Crippen LogP contribution in [0.3, 0.4) is 0 Å². The van der Waals surface area contributed by atoms with Crippen LogP contribution in [0.25, 0.3) is 0 Å². The molecule has 0 spiro atoms. The van der Waals surface area contributed by atoms with Gasteiger partial charge in [0.25, 0.3) is 11.5 Å². The number of aliphatic carboxylic acids is 1. The van der Waals surface area contributed by atoms with Crippen LogP contribution in [0, 0.1) is 0 Å².